The lowest BCUT2D eigenvalue weighted by Crippen LogP contribution is -2.14. The van der Waals surface area contributed by atoms with Crippen LogP contribution in [-0.4, -0.2) is 21.1 Å². The van der Waals surface area contributed by atoms with E-state index in [9.17, 15) is 4.79 Å². The van der Waals surface area contributed by atoms with E-state index in [4.69, 9.17) is 0 Å². The number of carbonyl (C=O) groups is 1. The van der Waals surface area contributed by atoms with E-state index in [0.717, 1.165) is 16.7 Å². The Balaban J connectivity index is 1.76. The second kappa shape index (κ2) is 6.58. The summed E-state index contributed by atoms with van der Waals surface area (Å²) in [5.74, 6) is 6.38. The number of aryl methyl sites for hydroxylation is 1. The molecule has 2 N–H and O–H groups in total. The third-order valence-corrected chi connectivity index (χ3v) is 3.18. The first kappa shape index (κ1) is 14.5. The molecule has 0 saturated heterocycles. The fraction of sp³-hybridized carbons (Fsp3) is 0.0556. The van der Waals surface area contributed by atoms with Crippen molar-refractivity contribution in [2.75, 3.05) is 5.32 Å². The molecule has 3 aromatic rings. The molecule has 0 spiro atoms. The van der Waals surface area contributed by atoms with Crippen LogP contribution in [0.15, 0.2) is 54.9 Å². The van der Waals surface area contributed by atoms with Crippen LogP contribution < -0.4 is 5.32 Å². The predicted molar refractivity (Wildman–Crippen MR) is 87.9 cm³/mol. The van der Waals surface area contributed by atoms with Crippen LogP contribution in [0, 0.1) is 18.8 Å². The summed E-state index contributed by atoms with van der Waals surface area (Å²) in [6.07, 6.45) is 3.17. The van der Waals surface area contributed by atoms with Gasteiger partial charge in [0.15, 0.2) is 0 Å². The smallest absolute Gasteiger partial charge is 0.274 e. The van der Waals surface area contributed by atoms with Crippen molar-refractivity contribution in [3.8, 4) is 11.8 Å². The molecule has 0 aliphatic heterocycles. The summed E-state index contributed by atoms with van der Waals surface area (Å²) in [7, 11) is 0. The number of nitrogens with one attached hydrogen (secondary N) is 2. The van der Waals surface area contributed by atoms with E-state index in [1.807, 2.05) is 43.3 Å². The average molecular weight is 302 g/mol. The molecular weight excluding hydrogens is 288 g/mol. The molecule has 0 fully saturated rings. The summed E-state index contributed by atoms with van der Waals surface area (Å²) >= 11 is 0. The van der Waals surface area contributed by atoms with E-state index < -0.39 is 0 Å². The summed E-state index contributed by atoms with van der Waals surface area (Å²) in [6.45, 7) is 1.88. The van der Waals surface area contributed by atoms with Gasteiger partial charge >= 0.3 is 0 Å². The number of benzene rings is 1. The fourth-order valence-electron chi connectivity index (χ4n) is 2.00. The normalized spacial score (nSPS) is 9.78. The molecular formula is C18H14N4O. The molecule has 23 heavy (non-hydrogen) atoms. The number of anilines is 1. The van der Waals surface area contributed by atoms with E-state index in [0.29, 0.717) is 11.5 Å². The lowest BCUT2D eigenvalue weighted by atomic mass is 10.1. The highest BCUT2D eigenvalue weighted by Gasteiger charge is 2.09. The number of pyridine rings is 1. The number of rotatable bonds is 2. The number of amides is 1. The van der Waals surface area contributed by atoms with Gasteiger partial charge in [0.25, 0.3) is 5.91 Å². The van der Waals surface area contributed by atoms with Crippen LogP contribution in [0.4, 0.5) is 5.82 Å². The third kappa shape index (κ3) is 3.63. The maximum atomic E-state index is 12.0. The minimum absolute atomic E-state index is 0.277. The van der Waals surface area contributed by atoms with Crippen molar-refractivity contribution in [1.82, 2.24) is 15.2 Å². The Hall–Kier alpha value is -3.39. The van der Waals surface area contributed by atoms with Crippen LogP contribution in [0.2, 0.25) is 0 Å². The molecule has 0 bridgehead atoms. The van der Waals surface area contributed by atoms with Crippen molar-refractivity contribution in [2.24, 2.45) is 0 Å². The van der Waals surface area contributed by atoms with Gasteiger partial charge in [0.05, 0.1) is 0 Å². The second-order valence-electron chi connectivity index (χ2n) is 4.93. The van der Waals surface area contributed by atoms with Gasteiger partial charge in [0.2, 0.25) is 0 Å². The van der Waals surface area contributed by atoms with Gasteiger partial charge in [-0.1, -0.05) is 30.0 Å². The Morgan fingerprint density at radius 3 is 2.61 bits per heavy atom. The van der Waals surface area contributed by atoms with Crippen LogP contribution in [0.25, 0.3) is 0 Å². The minimum atomic E-state index is -0.277. The maximum absolute atomic E-state index is 12.0. The van der Waals surface area contributed by atoms with Crippen molar-refractivity contribution < 1.29 is 4.79 Å². The van der Waals surface area contributed by atoms with Gasteiger partial charge in [-0.05, 0) is 36.8 Å². The Morgan fingerprint density at radius 2 is 1.91 bits per heavy atom. The first-order valence-corrected chi connectivity index (χ1v) is 7.07. The summed E-state index contributed by atoms with van der Waals surface area (Å²) in [5.41, 5.74) is 2.98. The quantitative estimate of drug-likeness (QED) is 0.715. The van der Waals surface area contributed by atoms with E-state index >= 15 is 0 Å². The third-order valence-electron chi connectivity index (χ3n) is 3.18. The van der Waals surface area contributed by atoms with Crippen molar-refractivity contribution in [3.05, 3.63) is 77.2 Å². The Labute approximate surface area is 133 Å². The van der Waals surface area contributed by atoms with Crippen LogP contribution in [0.5, 0.6) is 0 Å². The van der Waals surface area contributed by atoms with Crippen LogP contribution in [0.3, 0.4) is 0 Å². The van der Waals surface area contributed by atoms with E-state index in [1.54, 1.807) is 12.3 Å². The largest absolute Gasteiger partial charge is 0.305 e. The summed E-state index contributed by atoms with van der Waals surface area (Å²) in [5, 5.41) is 9.11. The first-order chi connectivity index (χ1) is 11.2. The minimum Gasteiger partial charge on any atom is -0.305 e. The van der Waals surface area contributed by atoms with Gasteiger partial charge in [-0.15, -0.1) is 0 Å². The Kier molecular flexibility index (Phi) is 4.16. The van der Waals surface area contributed by atoms with Gasteiger partial charge in [-0.3, -0.25) is 9.89 Å². The molecule has 112 valence electrons. The standard InChI is InChI=1S/C18H14N4O/c1-13-11-15(8-7-14-5-3-2-4-6-14)12-19-17(13)21-18(23)16-9-10-20-22-16/h2-6,9-12H,1H3,(H,20,22)(H,19,21,23). The van der Waals surface area contributed by atoms with Gasteiger partial charge in [0.1, 0.15) is 11.5 Å². The Bertz CT molecular complexity index is 874. The SMILES string of the molecule is Cc1cc(C#Cc2ccccc2)cnc1NC(=O)c1ccn[nH]1. The van der Waals surface area contributed by atoms with E-state index in [-0.39, 0.29) is 5.91 Å². The lowest BCUT2D eigenvalue weighted by Gasteiger charge is -2.06. The molecule has 3 rings (SSSR count). The zero-order chi connectivity index (χ0) is 16.1. The van der Waals surface area contributed by atoms with Gasteiger partial charge in [-0.2, -0.15) is 5.10 Å². The highest BCUT2D eigenvalue weighted by atomic mass is 16.2. The van der Waals surface area contributed by atoms with Crippen LogP contribution in [-0.2, 0) is 0 Å². The van der Waals surface area contributed by atoms with Gasteiger partial charge < -0.3 is 5.32 Å². The number of hydrogen-bond donors (Lipinski definition) is 2. The van der Waals surface area contributed by atoms with E-state index in [2.05, 4.69) is 32.3 Å². The molecule has 0 radical (unpaired) electrons. The predicted octanol–water partition coefficient (Wildman–Crippen LogP) is 2.77. The molecule has 0 atom stereocenters. The Morgan fingerprint density at radius 1 is 1.13 bits per heavy atom. The van der Waals surface area contributed by atoms with Crippen molar-refractivity contribution in [3.63, 3.8) is 0 Å². The topological polar surface area (TPSA) is 70.7 Å². The highest BCUT2D eigenvalue weighted by molar-refractivity contribution is 6.02. The van der Waals surface area contributed by atoms with Gasteiger partial charge in [-0.25, -0.2) is 4.98 Å². The van der Waals surface area contributed by atoms with Crippen molar-refractivity contribution >= 4 is 11.7 Å². The first-order valence-electron chi connectivity index (χ1n) is 7.07. The summed E-state index contributed by atoms with van der Waals surface area (Å²) in [6, 6.07) is 13.2. The molecule has 5 nitrogen and oxygen atoms in total. The van der Waals surface area contributed by atoms with Crippen LogP contribution in [0.1, 0.15) is 27.2 Å². The van der Waals surface area contributed by atoms with Crippen LogP contribution >= 0.6 is 0 Å². The maximum Gasteiger partial charge on any atom is 0.274 e. The molecule has 1 amide bonds. The number of carbonyl (C=O) groups excluding carboxylic acids is 1. The highest BCUT2D eigenvalue weighted by Crippen LogP contribution is 2.13. The second-order valence-corrected chi connectivity index (χ2v) is 4.93. The zero-order valence-corrected chi connectivity index (χ0v) is 12.5. The van der Waals surface area contributed by atoms with Gasteiger partial charge in [0, 0.05) is 23.5 Å². The molecule has 5 heteroatoms. The number of aromatic amines is 1. The summed E-state index contributed by atoms with van der Waals surface area (Å²) < 4.78 is 0. The number of nitrogens with zero attached hydrogens (tertiary/aromatic N) is 2. The number of H-pyrrole nitrogens is 1. The molecule has 2 heterocycles. The zero-order valence-electron chi connectivity index (χ0n) is 12.5. The molecule has 1 aromatic carbocycles. The average Bonchev–Trinajstić information content (AvgIpc) is 3.11. The van der Waals surface area contributed by atoms with Crippen molar-refractivity contribution in [1.29, 1.82) is 0 Å². The lowest BCUT2D eigenvalue weighted by molar-refractivity contribution is 0.102. The molecule has 0 saturated carbocycles. The summed E-state index contributed by atoms with van der Waals surface area (Å²) in [4.78, 5) is 16.2. The number of hydrogen-bond acceptors (Lipinski definition) is 3. The van der Waals surface area contributed by atoms with Crippen molar-refractivity contribution in [2.45, 2.75) is 6.92 Å². The molecule has 2 aromatic heterocycles. The fourth-order valence-corrected chi connectivity index (χ4v) is 2.00. The molecule has 0 unspecified atom stereocenters. The monoisotopic (exact) mass is 302 g/mol. The molecule has 0 aliphatic carbocycles. The number of aromatic nitrogens is 3. The molecule has 0 aliphatic rings. The van der Waals surface area contributed by atoms with E-state index in [1.165, 1.54) is 6.20 Å².